The number of thiocarbonyl (C=S) groups is 1. The normalized spacial score (nSPS) is 15.7. The first-order chi connectivity index (χ1) is 11.9. The van der Waals surface area contributed by atoms with Gasteiger partial charge in [0.25, 0.3) is 5.91 Å². The third kappa shape index (κ3) is 3.89. The summed E-state index contributed by atoms with van der Waals surface area (Å²) in [6, 6.07) is 13.5. The lowest BCUT2D eigenvalue weighted by Crippen LogP contribution is -2.27. The van der Waals surface area contributed by atoms with Crippen LogP contribution in [-0.4, -0.2) is 21.2 Å². The van der Waals surface area contributed by atoms with E-state index in [9.17, 15) is 14.7 Å². The van der Waals surface area contributed by atoms with Gasteiger partial charge in [-0.05, 0) is 48.0 Å². The Kier molecular flexibility index (Phi) is 4.87. The molecule has 1 fully saturated rings. The second-order valence-electron chi connectivity index (χ2n) is 5.34. The predicted molar refractivity (Wildman–Crippen MR) is 105 cm³/mol. The summed E-state index contributed by atoms with van der Waals surface area (Å²) in [5.74, 6) is -0.186. The van der Waals surface area contributed by atoms with Crippen LogP contribution < -0.4 is 10.2 Å². The summed E-state index contributed by atoms with van der Waals surface area (Å²) in [6.45, 7) is 1.43. The van der Waals surface area contributed by atoms with Gasteiger partial charge in [0.15, 0.2) is 4.32 Å². The van der Waals surface area contributed by atoms with Gasteiger partial charge in [0.2, 0.25) is 5.91 Å². The molecule has 0 saturated carbocycles. The number of hydrogen-bond donors (Lipinski definition) is 2. The van der Waals surface area contributed by atoms with E-state index in [1.165, 1.54) is 23.6 Å². The van der Waals surface area contributed by atoms with Gasteiger partial charge in [-0.3, -0.25) is 14.5 Å². The smallest absolute Gasteiger partial charge is 0.270 e. The van der Waals surface area contributed by atoms with Crippen LogP contribution in [0.15, 0.2) is 53.4 Å². The first kappa shape index (κ1) is 17.2. The number of hydrogen-bond acceptors (Lipinski definition) is 5. The molecule has 0 bridgehead atoms. The van der Waals surface area contributed by atoms with Gasteiger partial charge in [-0.2, -0.15) is 0 Å². The second kappa shape index (κ2) is 7.08. The van der Waals surface area contributed by atoms with Crippen LogP contribution in [-0.2, 0) is 9.59 Å². The Morgan fingerprint density at radius 3 is 2.40 bits per heavy atom. The highest BCUT2D eigenvalue weighted by Crippen LogP contribution is 2.36. The number of anilines is 2. The fourth-order valence-corrected chi connectivity index (χ4v) is 3.61. The molecule has 0 aromatic heterocycles. The average molecular weight is 370 g/mol. The first-order valence-corrected chi connectivity index (χ1v) is 8.61. The Morgan fingerprint density at radius 2 is 1.80 bits per heavy atom. The number of nitrogens with one attached hydrogen (secondary N) is 1. The van der Waals surface area contributed by atoms with Crippen LogP contribution in [0.4, 0.5) is 11.4 Å². The molecule has 1 saturated heterocycles. The fraction of sp³-hybridized carbons (Fsp3) is 0.0556. The Labute approximate surface area is 154 Å². The Balaban J connectivity index is 1.83. The van der Waals surface area contributed by atoms with Crippen LogP contribution in [0.2, 0.25) is 0 Å². The van der Waals surface area contributed by atoms with Crippen LogP contribution in [0.1, 0.15) is 12.5 Å². The number of benzene rings is 2. The maximum Gasteiger partial charge on any atom is 0.270 e. The minimum atomic E-state index is -0.199. The van der Waals surface area contributed by atoms with E-state index in [0.29, 0.717) is 20.6 Å². The highest BCUT2D eigenvalue weighted by atomic mass is 32.2. The molecule has 2 aromatic carbocycles. The van der Waals surface area contributed by atoms with E-state index in [0.717, 1.165) is 5.56 Å². The van der Waals surface area contributed by atoms with E-state index in [4.69, 9.17) is 12.2 Å². The molecule has 0 aliphatic carbocycles. The van der Waals surface area contributed by atoms with E-state index in [2.05, 4.69) is 5.32 Å². The Hall–Kier alpha value is -2.64. The number of carbonyl (C=O) groups is 2. The molecular formula is C18H14N2O3S2. The summed E-state index contributed by atoms with van der Waals surface area (Å²) >= 11 is 6.56. The zero-order valence-corrected chi connectivity index (χ0v) is 14.9. The van der Waals surface area contributed by atoms with E-state index in [1.807, 2.05) is 0 Å². The molecule has 3 rings (SSSR count). The van der Waals surface area contributed by atoms with Gasteiger partial charge in [0.1, 0.15) is 5.75 Å². The lowest BCUT2D eigenvalue weighted by molar-refractivity contribution is -0.114. The van der Waals surface area contributed by atoms with Crippen molar-refractivity contribution in [2.24, 2.45) is 0 Å². The van der Waals surface area contributed by atoms with Crippen molar-refractivity contribution in [3.8, 4) is 5.75 Å². The zero-order valence-electron chi connectivity index (χ0n) is 13.2. The molecule has 1 aliphatic rings. The number of phenols is 1. The number of carbonyl (C=O) groups excluding carboxylic acids is 2. The van der Waals surface area contributed by atoms with Crippen molar-refractivity contribution in [2.45, 2.75) is 6.92 Å². The summed E-state index contributed by atoms with van der Waals surface area (Å²) in [7, 11) is 0. The second-order valence-corrected chi connectivity index (χ2v) is 7.01. The number of nitrogens with zero attached hydrogens (tertiary/aromatic N) is 1. The molecule has 2 N–H and O–H groups in total. The maximum absolute atomic E-state index is 12.7. The molecule has 0 atom stereocenters. The molecule has 25 heavy (non-hydrogen) atoms. The highest BCUT2D eigenvalue weighted by molar-refractivity contribution is 8.27. The number of phenolic OH excluding ortho intramolecular Hbond substituents is 1. The molecule has 126 valence electrons. The molecule has 0 unspecified atom stereocenters. The molecule has 2 amide bonds. The molecule has 2 aromatic rings. The van der Waals surface area contributed by atoms with Crippen LogP contribution in [0, 0.1) is 0 Å². The lowest BCUT2D eigenvalue weighted by Gasteiger charge is -2.15. The van der Waals surface area contributed by atoms with Gasteiger partial charge in [-0.25, -0.2) is 0 Å². The molecule has 5 nitrogen and oxygen atoms in total. The molecule has 7 heteroatoms. The van der Waals surface area contributed by atoms with Crippen molar-refractivity contribution in [3.63, 3.8) is 0 Å². The first-order valence-electron chi connectivity index (χ1n) is 7.39. The van der Waals surface area contributed by atoms with Gasteiger partial charge in [-0.15, -0.1) is 0 Å². The lowest BCUT2D eigenvalue weighted by atomic mass is 10.2. The van der Waals surface area contributed by atoms with Gasteiger partial charge < -0.3 is 10.4 Å². The van der Waals surface area contributed by atoms with Gasteiger partial charge in [-0.1, -0.05) is 36.1 Å². The summed E-state index contributed by atoms with van der Waals surface area (Å²) in [5.41, 5.74) is 2.10. The van der Waals surface area contributed by atoms with Crippen LogP contribution in [0.5, 0.6) is 5.75 Å². The van der Waals surface area contributed by atoms with E-state index in [1.54, 1.807) is 54.6 Å². The molecule has 0 radical (unpaired) electrons. The molecule has 1 aliphatic heterocycles. The summed E-state index contributed by atoms with van der Waals surface area (Å²) in [6.07, 6.45) is 1.74. The summed E-state index contributed by atoms with van der Waals surface area (Å²) < 4.78 is 0.447. The highest BCUT2D eigenvalue weighted by Gasteiger charge is 2.33. The number of amides is 2. The SMILES string of the molecule is CC(=O)Nc1ccc(N2C(=O)C(=Cc3ccc(O)cc3)SC2=S)cc1. The Morgan fingerprint density at radius 1 is 1.16 bits per heavy atom. The van der Waals surface area contributed by atoms with Gasteiger partial charge in [0.05, 0.1) is 10.6 Å². The van der Waals surface area contributed by atoms with Crippen molar-refractivity contribution in [1.29, 1.82) is 0 Å². The minimum Gasteiger partial charge on any atom is -0.508 e. The van der Waals surface area contributed by atoms with Crippen LogP contribution in [0.3, 0.4) is 0 Å². The van der Waals surface area contributed by atoms with Crippen molar-refractivity contribution in [3.05, 3.63) is 59.0 Å². The summed E-state index contributed by atoms with van der Waals surface area (Å²) in [5, 5.41) is 12.0. The number of aromatic hydroxyl groups is 1. The van der Waals surface area contributed by atoms with E-state index in [-0.39, 0.29) is 17.6 Å². The van der Waals surface area contributed by atoms with E-state index >= 15 is 0 Å². The topological polar surface area (TPSA) is 69.6 Å². The maximum atomic E-state index is 12.7. The monoisotopic (exact) mass is 370 g/mol. The van der Waals surface area contributed by atoms with Gasteiger partial charge in [0, 0.05) is 12.6 Å². The number of thioether (sulfide) groups is 1. The predicted octanol–water partition coefficient (Wildman–Crippen LogP) is 3.76. The van der Waals surface area contributed by atoms with Crippen molar-refractivity contribution < 1.29 is 14.7 Å². The largest absolute Gasteiger partial charge is 0.508 e. The van der Waals surface area contributed by atoms with Gasteiger partial charge >= 0.3 is 0 Å². The van der Waals surface area contributed by atoms with Crippen LogP contribution >= 0.6 is 24.0 Å². The Bertz CT molecular complexity index is 874. The average Bonchev–Trinajstić information content (AvgIpc) is 2.84. The third-order valence-electron chi connectivity index (χ3n) is 3.43. The molecular weight excluding hydrogens is 356 g/mol. The third-order valence-corrected chi connectivity index (χ3v) is 4.73. The van der Waals surface area contributed by atoms with Crippen LogP contribution in [0.25, 0.3) is 6.08 Å². The molecule has 0 spiro atoms. The molecule has 1 heterocycles. The quantitative estimate of drug-likeness (QED) is 0.636. The van der Waals surface area contributed by atoms with Crippen molar-refractivity contribution in [1.82, 2.24) is 0 Å². The number of rotatable bonds is 3. The standard InChI is InChI=1S/C18H14N2O3S2/c1-11(21)19-13-4-6-14(7-5-13)20-17(23)16(25-18(20)24)10-12-2-8-15(22)9-3-12/h2-10,22H,1H3,(H,19,21). The van der Waals surface area contributed by atoms with Crippen molar-refractivity contribution >= 4 is 57.6 Å². The zero-order chi connectivity index (χ0) is 18.0. The summed E-state index contributed by atoms with van der Waals surface area (Å²) in [4.78, 5) is 25.7. The minimum absolute atomic E-state index is 0.157. The van der Waals surface area contributed by atoms with Crippen molar-refractivity contribution in [2.75, 3.05) is 10.2 Å². The fourth-order valence-electron chi connectivity index (χ4n) is 2.31. The van der Waals surface area contributed by atoms with E-state index < -0.39 is 0 Å².